The van der Waals surface area contributed by atoms with Crippen LogP contribution >= 0.6 is 0 Å². The van der Waals surface area contributed by atoms with E-state index in [1.807, 2.05) is 42.7 Å². The average molecular weight is 409 g/mol. The number of carbonyl (C=O) groups is 1. The maximum Gasteiger partial charge on any atom is 0.329 e. The first kappa shape index (κ1) is 22.0. The number of imidazole rings is 1. The summed E-state index contributed by atoms with van der Waals surface area (Å²) in [6, 6.07) is 15.9. The van der Waals surface area contributed by atoms with Gasteiger partial charge in [-0.2, -0.15) is 0 Å². The molecule has 30 heavy (non-hydrogen) atoms. The van der Waals surface area contributed by atoms with Crippen LogP contribution in [0, 0.1) is 0 Å². The number of para-hydroxylation sites is 2. The molecule has 0 spiro atoms. The molecule has 0 N–H and O–H groups in total. The number of benzene rings is 2. The zero-order valence-electron chi connectivity index (χ0n) is 18.6. The van der Waals surface area contributed by atoms with E-state index in [0.29, 0.717) is 19.6 Å². The largest absolute Gasteiger partial charge is 0.462 e. The van der Waals surface area contributed by atoms with Crippen LogP contribution in [0.1, 0.15) is 52.6 Å². The zero-order chi connectivity index (χ0) is 21.7. The lowest BCUT2D eigenvalue weighted by Crippen LogP contribution is -2.23. The van der Waals surface area contributed by atoms with E-state index in [1.54, 1.807) is 0 Å². The highest BCUT2D eigenvalue weighted by Gasteiger charge is 2.26. The Hall–Kier alpha value is -2.66. The highest BCUT2D eigenvalue weighted by molar-refractivity contribution is 5.85. The molecule has 0 saturated heterocycles. The molecule has 2 aromatic carbocycles. The van der Waals surface area contributed by atoms with E-state index in [9.17, 15) is 4.79 Å². The average Bonchev–Trinajstić information content (AvgIpc) is 3.11. The van der Waals surface area contributed by atoms with Gasteiger partial charge in [-0.25, -0.2) is 9.78 Å². The van der Waals surface area contributed by atoms with Crippen molar-refractivity contribution in [2.75, 3.05) is 19.8 Å². The van der Waals surface area contributed by atoms with Crippen LogP contribution in [0.2, 0.25) is 0 Å². The van der Waals surface area contributed by atoms with E-state index in [0.717, 1.165) is 22.4 Å². The first-order valence-electron chi connectivity index (χ1n) is 10.7. The number of fused-ring (bicyclic) bond motifs is 1. The summed E-state index contributed by atoms with van der Waals surface area (Å²) < 4.78 is 12.8. The van der Waals surface area contributed by atoms with Crippen LogP contribution in [-0.2, 0) is 19.7 Å². The molecule has 1 heterocycles. The molecule has 3 rings (SSSR count). The third kappa shape index (κ3) is 4.73. The molecule has 160 valence electrons. The lowest BCUT2D eigenvalue weighted by molar-refractivity contribution is -0.149. The first-order valence-corrected chi connectivity index (χ1v) is 10.7. The molecule has 0 saturated carbocycles. The van der Waals surface area contributed by atoms with E-state index >= 15 is 0 Å². The van der Waals surface area contributed by atoms with E-state index in [-0.39, 0.29) is 18.0 Å². The molecule has 3 aromatic rings. The monoisotopic (exact) mass is 408 g/mol. The summed E-state index contributed by atoms with van der Waals surface area (Å²) in [5.74, 6) is 0.526. The molecule has 0 radical (unpaired) electrons. The van der Waals surface area contributed by atoms with Gasteiger partial charge < -0.3 is 14.0 Å². The zero-order valence-corrected chi connectivity index (χ0v) is 18.6. The van der Waals surface area contributed by atoms with Gasteiger partial charge in [-0.3, -0.25) is 0 Å². The number of aromatic nitrogens is 2. The van der Waals surface area contributed by atoms with Gasteiger partial charge in [0, 0.05) is 12.2 Å². The van der Waals surface area contributed by atoms with Crippen molar-refractivity contribution < 1.29 is 14.3 Å². The van der Waals surface area contributed by atoms with Gasteiger partial charge in [0.2, 0.25) is 0 Å². The standard InChI is InChI=1S/C25H32N2O3/c1-6-21(24(28)30-17-16-29-7-2)27-22-11-9-8-10-20(22)26-23(27)18-12-14-19(15-13-18)25(3,4)5/h8-15,21H,6-7,16-17H2,1-5H3. The minimum absolute atomic E-state index is 0.0784. The van der Waals surface area contributed by atoms with Crippen molar-refractivity contribution >= 4 is 17.0 Å². The third-order valence-corrected chi connectivity index (χ3v) is 5.25. The van der Waals surface area contributed by atoms with Gasteiger partial charge in [-0.1, -0.05) is 64.1 Å². The maximum absolute atomic E-state index is 12.9. The third-order valence-electron chi connectivity index (χ3n) is 5.25. The predicted octanol–water partition coefficient (Wildman–Crippen LogP) is 5.53. The summed E-state index contributed by atoms with van der Waals surface area (Å²) in [5, 5.41) is 0. The van der Waals surface area contributed by atoms with Crippen molar-refractivity contribution in [1.82, 2.24) is 9.55 Å². The molecule has 0 amide bonds. The molecule has 5 heteroatoms. The topological polar surface area (TPSA) is 53.4 Å². The van der Waals surface area contributed by atoms with Gasteiger partial charge in [0.1, 0.15) is 18.5 Å². The second kappa shape index (κ2) is 9.43. The molecular formula is C25H32N2O3. The number of carbonyl (C=O) groups excluding carboxylic acids is 1. The fourth-order valence-corrected chi connectivity index (χ4v) is 3.58. The molecule has 1 atom stereocenters. The maximum atomic E-state index is 12.9. The molecule has 0 aliphatic rings. The van der Waals surface area contributed by atoms with E-state index < -0.39 is 6.04 Å². The Bertz CT molecular complexity index is 984. The van der Waals surface area contributed by atoms with Gasteiger partial charge in [0.15, 0.2) is 0 Å². The van der Waals surface area contributed by atoms with Crippen molar-refractivity contribution in [2.45, 2.75) is 52.5 Å². The number of hydrogen-bond acceptors (Lipinski definition) is 4. The number of rotatable bonds is 8. The van der Waals surface area contributed by atoms with E-state index in [2.05, 4.69) is 45.0 Å². The van der Waals surface area contributed by atoms with Crippen LogP contribution in [0.5, 0.6) is 0 Å². The lowest BCUT2D eigenvalue weighted by atomic mass is 9.86. The Kier molecular flexibility index (Phi) is 6.93. The molecule has 0 fully saturated rings. The SMILES string of the molecule is CCOCCOC(=O)C(CC)n1c(-c2ccc(C(C)(C)C)cc2)nc2ccccc21. The summed E-state index contributed by atoms with van der Waals surface area (Å²) in [5.41, 5.74) is 4.12. The molecule has 0 aliphatic carbocycles. The lowest BCUT2D eigenvalue weighted by Gasteiger charge is -2.21. The quantitative estimate of drug-likeness (QED) is 0.363. The number of nitrogens with zero attached hydrogens (tertiary/aromatic N) is 2. The Morgan fingerprint density at radius 1 is 1.03 bits per heavy atom. The van der Waals surface area contributed by atoms with Crippen molar-refractivity contribution in [3.05, 3.63) is 54.1 Å². The van der Waals surface area contributed by atoms with Crippen LogP contribution in [0.4, 0.5) is 0 Å². The molecule has 1 aromatic heterocycles. The minimum atomic E-state index is -0.448. The smallest absolute Gasteiger partial charge is 0.329 e. The van der Waals surface area contributed by atoms with Crippen LogP contribution in [0.3, 0.4) is 0 Å². The molecule has 5 nitrogen and oxygen atoms in total. The normalized spacial score (nSPS) is 12.8. The second-order valence-electron chi connectivity index (χ2n) is 8.41. The highest BCUT2D eigenvalue weighted by atomic mass is 16.6. The van der Waals surface area contributed by atoms with Gasteiger partial charge in [0.25, 0.3) is 0 Å². The fraction of sp³-hybridized carbons (Fsp3) is 0.440. The summed E-state index contributed by atoms with van der Waals surface area (Å²) in [4.78, 5) is 17.8. The van der Waals surface area contributed by atoms with Crippen LogP contribution in [0.25, 0.3) is 22.4 Å². The number of hydrogen-bond donors (Lipinski definition) is 0. The van der Waals surface area contributed by atoms with Crippen molar-refractivity contribution in [3.8, 4) is 11.4 Å². The second-order valence-corrected chi connectivity index (χ2v) is 8.41. The summed E-state index contributed by atoms with van der Waals surface area (Å²) in [6.07, 6.45) is 0.612. The van der Waals surface area contributed by atoms with Gasteiger partial charge in [-0.15, -0.1) is 0 Å². The molecular weight excluding hydrogens is 376 g/mol. The van der Waals surface area contributed by atoms with Crippen molar-refractivity contribution in [3.63, 3.8) is 0 Å². The Labute approximate surface area is 179 Å². The van der Waals surface area contributed by atoms with Crippen molar-refractivity contribution in [1.29, 1.82) is 0 Å². The van der Waals surface area contributed by atoms with Crippen LogP contribution in [0.15, 0.2) is 48.5 Å². The fourth-order valence-electron chi connectivity index (χ4n) is 3.58. The van der Waals surface area contributed by atoms with Crippen molar-refractivity contribution in [2.24, 2.45) is 0 Å². The van der Waals surface area contributed by atoms with Gasteiger partial charge in [0.05, 0.1) is 17.6 Å². The number of ether oxygens (including phenoxy) is 2. The van der Waals surface area contributed by atoms with Crippen LogP contribution in [-0.4, -0.2) is 35.3 Å². The minimum Gasteiger partial charge on any atom is -0.462 e. The molecule has 1 unspecified atom stereocenters. The van der Waals surface area contributed by atoms with E-state index in [1.165, 1.54) is 5.56 Å². The predicted molar refractivity (Wildman–Crippen MR) is 121 cm³/mol. The Morgan fingerprint density at radius 2 is 1.73 bits per heavy atom. The first-order chi connectivity index (χ1) is 14.4. The molecule has 0 aliphatic heterocycles. The van der Waals surface area contributed by atoms with Gasteiger partial charge >= 0.3 is 5.97 Å². The summed E-state index contributed by atoms with van der Waals surface area (Å²) in [6.45, 7) is 11.8. The number of esters is 1. The Morgan fingerprint density at radius 3 is 2.37 bits per heavy atom. The summed E-state index contributed by atoms with van der Waals surface area (Å²) in [7, 11) is 0. The van der Waals surface area contributed by atoms with Crippen LogP contribution < -0.4 is 0 Å². The summed E-state index contributed by atoms with van der Waals surface area (Å²) >= 11 is 0. The molecule has 0 bridgehead atoms. The van der Waals surface area contributed by atoms with E-state index in [4.69, 9.17) is 14.5 Å². The highest BCUT2D eigenvalue weighted by Crippen LogP contribution is 2.32. The Balaban J connectivity index is 2.01. The van der Waals surface area contributed by atoms with Gasteiger partial charge in [-0.05, 0) is 36.5 Å².